The minimum absolute atomic E-state index is 0.0221. The molecule has 2 saturated heterocycles. The SMILES string of the molecule is COCC(=O)N1CCC2(CCc3c(NC4CCOC4)nc(-c4ccccc4)nc32)CC1. The molecule has 5 rings (SSSR count). The quantitative estimate of drug-likeness (QED) is 0.799. The lowest BCUT2D eigenvalue weighted by molar-refractivity contribution is -0.136. The van der Waals surface area contributed by atoms with E-state index in [0.717, 1.165) is 75.6 Å². The molecule has 0 radical (unpaired) electrons. The summed E-state index contributed by atoms with van der Waals surface area (Å²) in [6.45, 7) is 3.19. The van der Waals surface area contributed by atoms with Crippen LogP contribution in [0.5, 0.6) is 0 Å². The van der Waals surface area contributed by atoms with Crippen LogP contribution in [0.25, 0.3) is 11.4 Å². The number of nitrogens with zero attached hydrogens (tertiary/aromatic N) is 3. The molecule has 3 aliphatic rings. The molecule has 1 N–H and O–H groups in total. The summed E-state index contributed by atoms with van der Waals surface area (Å²) in [6, 6.07) is 10.5. The lowest BCUT2D eigenvalue weighted by atomic mass is 9.76. The van der Waals surface area contributed by atoms with Crippen molar-refractivity contribution < 1.29 is 14.3 Å². The van der Waals surface area contributed by atoms with Gasteiger partial charge >= 0.3 is 0 Å². The fraction of sp³-hybridized carbons (Fsp3) is 0.542. The Bertz CT molecular complexity index is 935. The maximum atomic E-state index is 12.3. The summed E-state index contributed by atoms with van der Waals surface area (Å²) in [6.07, 6.45) is 4.92. The van der Waals surface area contributed by atoms with Crippen molar-refractivity contribution >= 4 is 11.7 Å². The highest BCUT2D eigenvalue weighted by atomic mass is 16.5. The van der Waals surface area contributed by atoms with Crippen molar-refractivity contribution in [1.29, 1.82) is 0 Å². The van der Waals surface area contributed by atoms with E-state index in [9.17, 15) is 4.79 Å². The summed E-state index contributed by atoms with van der Waals surface area (Å²) in [5, 5.41) is 3.66. The number of ether oxygens (including phenoxy) is 2. The van der Waals surface area contributed by atoms with E-state index >= 15 is 0 Å². The number of carbonyl (C=O) groups is 1. The molecule has 2 aliphatic heterocycles. The van der Waals surface area contributed by atoms with Crippen LogP contribution < -0.4 is 5.32 Å². The summed E-state index contributed by atoms with van der Waals surface area (Å²) < 4.78 is 10.6. The first-order valence-corrected chi connectivity index (χ1v) is 11.3. The van der Waals surface area contributed by atoms with Crippen LogP contribution in [-0.4, -0.2) is 66.8 Å². The van der Waals surface area contributed by atoms with Crippen LogP contribution in [-0.2, 0) is 26.1 Å². The van der Waals surface area contributed by atoms with Gasteiger partial charge in [-0.2, -0.15) is 0 Å². The molecule has 7 heteroatoms. The van der Waals surface area contributed by atoms with Gasteiger partial charge in [-0.3, -0.25) is 4.79 Å². The molecule has 0 saturated carbocycles. The van der Waals surface area contributed by atoms with E-state index in [1.54, 1.807) is 7.11 Å². The fourth-order valence-corrected chi connectivity index (χ4v) is 5.21. The summed E-state index contributed by atoms with van der Waals surface area (Å²) in [5.74, 6) is 1.82. The molecule has 2 aromatic rings. The highest BCUT2D eigenvalue weighted by molar-refractivity contribution is 5.77. The van der Waals surface area contributed by atoms with E-state index in [-0.39, 0.29) is 17.9 Å². The number of piperidine rings is 1. The van der Waals surface area contributed by atoms with Crippen molar-refractivity contribution in [2.75, 3.05) is 45.3 Å². The number of methoxy groups -OCH3 is 1. The van der Waals surface area contributed by atoms with Gasteiger partial charge in [-0.15, -0.1) is 0 Å². The third-order valence-corrected chi connectivity index (χ3v) is 7.01. The maximum Gasteiger partial charge on any atom is 0.248 e. The lowest BCUT2D eigenvalue weighted by Crippen LogP contribution is -2.45. The molecule has 31 heavy (non-hydrogen) atoms. The normalized spacial score (nSPS) is 22.0. The second-order valence-corrected chi connectivity index (χ2v) is 8.89. The van der Waals surface area contributed by atoms with Gasteiger partial charge in [0, 0.05) is 43.3 Å². The predicted molar refractivity (Wildman–Crippen MR) is 118 cm³/mol. The van der Waals surface area contributed by atoms with Gasteiger partial charge in [-0.05, 0) is 32.1 Å². The van der Waals surface area contributed by atoms with Gasteiger partial charge in [0.15, 0.2) is 5.82 Å². The van der Waals surface area contributed by atoms with Crippen LogP contribution in [0.15, 0.2) is 30.3 Å². The highest BCUT2D eigenvalue weighted by Crippen LogP contribution is 2.47. The zero-order chi connectivity index (χ0) is 21.3. The van der Waals surface area contributed by atoms with Crippen molar-refractivity contribution in [3.8, 4) is 11.4 Å². The van der Waals surface area contributed by atoms with Crippen LogP contribution in [0.3, 0.4) is 0 Å². The van der Waals surface area contributed by atoms with Gasteiger partial charge in [0.05, 0.1) is 18.3 Å². The number of rotatable bonds is 5. The highest BCUT2D eigenvalue weighted by Gasteiger charge is 2.45. The van der Waals surface area contributed by atoms with Crippen LogP contribution in [0, 0.1) is 0 Å². The van der Waals surface area contributed by atoms with Crippen molar-refractivity contribution in [1.82, 2.24) is 14.9 Å². The van der Waals surface area contributed by atoms with Crippen molar-refractivity contribution in [2.45, 2.75) is 43.6 Å². The Morgan fingerprint density at radius 1 is 1.23 bits per heavy atom. The Morgan fingerprint density at radius 3 is 2.74 bits per heavy atom. The molecular weight excluding hydrogens is 392 g/mol. The van der Waals surface area contributed by atoms with Crippen molar-refractivity contribution in [3.05, 3.63) is 41.6 Å². The molecule has 1 spiro atoms. The summed E-state index contributed by atoms with van der Waals surface area (Å²) >= 11 is 0. The maximum absolute atomic E-state index is 12.3. The lowest BCUT2D eigenvalue weighted by Gasteiger charge is -2.39. The summed E-state index contributed by atoms with van der Waals surface area (Å²) in [4.78, 5) is 24.3. The van der Waals surface area contributed by atoms with Crippen LogP contribution >= 0.6 is 0 Å². The molecule has 2 fully saturated rings. The smallest absolute Gasteiger partial charge is 0.248 e. The van der Waals surface area contributed by atoms with Crippen molar-refractivity contribution in [3.63, 3.8) is 0 Å². The Labute approximate surface area is 183 Å². The number of hydrogen-bond acceptors (Lipinski definition) is 6. The fourth-order valence-electron chi connectivity index (χ4n) is 5.21. The molecule has 0 bridgehead atoms. The second-order valence-electron chi connectivity index (χ2n) is 8.89. The molecule has 1 unspecified atom stereocenters. The average molecular weight is 423 g/mol. The summed E-state index contributed by atoms with van der Waals surface area (Å²) in [7, 11) is 1.57. The van der Waals surface area contributed by atoms with E-state index in [0.29, 0.717) is 6.04 Å². The topological polar surface area (TPSA) is 76.6 Å². The number of benzene rings is 1. The van der Waals surface area contributed by atoms with Gasteiger partial charge in [0.25, 0.3) is 0 Å². The third kappa shape index (κ3) is 3.92. The number of amides is 1. The number of fused-ring (bicyclic) bond motifs is 2. The molecule has 164 valence electrons. The monoisotopic (exact) mass is 422 g/mol. The zero-order valence-electron chi connectivity index (χ0n) is 18.1. The number of carbonyl (C=O) groups excluding carboxylic acids is 1. The van der Waals surface area contributed by atoms with Gasteiger partial charge in [0.2, 0.25) is 5.91 Å². The largest absolute Gasteiger partial charge is 0.379 e. The van der Waals surface area contributed by atoms with Gasteiger partial charge in [-0.25, -0.2) is 9.97 Å². The first-order valence-electron chi connectivity index (χ1n) is 11.3. The minimum Gasteiger partial charge on any atom is -0.379 e. The van der Waals surface area contributed by atoms with Gasteiger partial charge in [-0.1, -0.05) is 30.3 Å². The van der Waals surface area contributed by atoms with E-state index in [1.165, 1.54) is 11.3 Å². The Balaban J connectivity index is 1.48. The van der Waals surface area contributed by atoms with E-state index in [1.807, 2.05) is 23.1 Å². The Kier molecular flexibility index (Phi) is 5.63. The number of anilines is 1. The zero-order valence-corrected chi connectivity index (χ0v) is 18.1. The first-order chi connectivity index (χ1) is 15.2. The minimum atomic E-state index is 0.0221. The molecule has 3 heterocycles. The Hall–Kier alpha value is -2.51. The predicted octanol–water partition coefficient (Wildman–Crippen LogP) is 2.80. The number of likely N-dealkylation sites (tertiary alicyclic amines) is 1. The number of hydrogen-bond donors (Lipinski definition) is 1. The molecule has 1 aromatic heterocycles. The van der Waals surface area contributed by atoms with E-state index < -0.39 is 0 Å². The van der Waals surface area contributed by atoms with Crippen LogP contribution in [0.4, 0.5) is 5.82 Å². The first kappa shape index (κ1) is 20.4. The van der Waals surface area contributed by atoms with Gasteiger partial charge in [0.1, 0.15) is 12.4 Å². The molecule has 1 atom stereocenters. The number of aromatic nitrogens is 2. The average Bonchev–Trinajstić information content (AvgIpc) is 3.44. The van der Waals surface area contributed by atoms with E-state index in [4.69, 9.17) is 19.4 Å². The standard InChI is InChI=1S/C24H30N4O3/c1-30-16-20(29)28-12-10-24(11-13-28)9-7-19-21(24)26-22(17-5-3-2-4-6-17)27-23(19)25-18-8-14-31-15-18/h2-6,18H,7-16H2,1H3,(H,25,26,27). The molecule has 1 aromatic carbocycles. The molecular formula is C24H30N4O3. The van der Waals surface area contributed by atoms with Gasteiger partial charge < -0.3 is 19.7 Å². The molecule has 7 nitrogen and oxygen atoms in total. The van der Waals surface area contributed by atoms with Crippen molar-refractivity contribution in [2.24, 2.45) is 0 Å². The number of nitrogens with one attached hydrogen (secondary N) is 1. The van der Waals surface area contributed by atoms with Crippen LogP contribution in [0.2, 0.25) is 0 Å². The molecule has 1 aliphatic carbocycles. The molecule has 1 amide bonds. The summed E-state index contributed by atoms with van der Waals surface area (Å²) in [5.41, 5.74) is 3.49. The third-order valence-electron chi connectivity index (χ3n) is 7.01. The van der Waals surface area contributed by atoms with Crippen LogP contribution in [0.1, 0.15) is 36.9 Å². The second kappa shape index (κ2) is 8.55. The van der Waals surface area contributed by atoms with E-state index in [2.05, 4.69) is 17.4 Å². The Morgan fingerprint density at radius 2 is 2.03 bits per heavy atom.